The van der Waals surface area contributed by atoms with Gasteiger partial charge in [-0.25, -0.2) is 4.79 Å². The number of carbonyl (C=O) groups is 1. The number of amides is 1. The van der Waals surface area contributed by atoms with Crippen LogP contribution in [0.2, 0.25) is 0 Å². The van der Waals surface area contributed by atoms with Crippen molar-refractivity contribution in [1.82, 2.24) is 15.1 Å². The van der Waals surface area contributed by atoms with Gasteiger partial charge < -0.3 is 30.3 Å². The van der Waals surface area contributed by atoms with Crippen molar-refractivity contribution < 1.29 is 14.3 Å². The molecule has 9 heteroatoms. The molecule has 26 heavy (non-hydrogen) atoms. The van der Waals surface area contributed by atoms with E-state index >= 15 is 0 Å². The summed E-state index contributed by atoms with van der Waals surface area (Å²) in [6.07, 6.45) is 2.45. The molecular formula is C17H36IN5O3. The number of nitrogens with zero attached hydrogens (tertiary/aromatic N) is 3. The van der Waals surface area contributed by atoms with Crippen molar-refractivity contribution in [2.75, 3.05) is 53.5 Å². The lowest BCUT2D eigenvalue weighted by Crippen LogP contribution is -2.48. The molecule has 1 unspecified atom stereocenters. The summed E-state index contributed by atoms with van der Waals surface area (Å²) < 4.78 is 10.7. The zero-order valence-electron chi connectivity index (χ0n) is 16.6. The Kier molecular flexibility index (Phi) is 13.8. The zero-order valence-corrected chi connectivity index (χ0v) is 18.9. The molecule has 0 aromatic rings. The van der Waals surface area contributed by atoms with Gasteiger partial charge in [0.1, 0.15) is 0 Å². The molecule has 1 heterocycles. The molecule has 0 bridgehead atoms. The first-order valence-corrected chi connectivity index (χ1v) is 9.20. The van der Waals surface area contributed by atoms with Gasteiger partial charge in [-0.15, -0.1) is 24.0 Å². The van der Waals surface area contributed by atoms with E-state index in [4.69, 9.17) is 15.2 Å². The Bertz CT molecular complexity index is 415. The van der Waals surface area contributed by atoms with Crippen LogP contribution >= 0.6 is 24.0 Å². The first kappa shape index (κ1) is 25.2. The molecule has 1 atom stereocenters. The molecule has 0 aromatic heterocycles. The second kappa shape index (κ2) is 14.3. The maximum Gasteiger partial charge on any atom is 0.409 e. The van der Waals surface area contributed by atoms with E-state index in [1.807, 2.05) is 27.9 Å². The minimum Gasteiger partial charge on any atom is -0.450 e. The summed E-state index contributed by atoms with van der Waals surface area (Å²) in [6, 6.07) is 0.238. The van der Waals surface area contributed by atoms with Crippen molar-refractivity contribution in [3.05, 3.63) is 0 Å². The molecule has 1 fully saturated rings. The van der Waals surface area contributed by atoms with Gasteiger partial charge in [0.05, 0.1) is 19.3 Å². The third-order valence-corrected chi connectivity index (χ3v) is 4.14. The number of likely N-dealkylation sites (tertiary alicyclic amines) is 1. The van der Waals surface area contributed by atoms with E-state index in [2.05, 4.69) is 15.2 Å². The molecule has 1 aliphatic rings. The Hall–Kier alpha value is -0.810. The maximum absolute atomic E-state index is 11.7. The second-order valence-electron chi connectivity index (χ2n) is 6.50. The van der Waals surface area contributed by atoms with Crippen LogP contribution in [0.25, 0.3) is 0 Å². The van der Waals surface area contributed by atoms with E-state index in [1.165, 1.54) is 0 Å². The maximum atomic E-state index is 11.7. The van der Waals surface area contributed by atoms with Crippen LogP contribution in [0.3, 0.4) is 0 Å². The fourth-order valence-corrected chi connectivity index (χ4v) is 2.74. The number of hydrogen-bond acceptors (Lipinski definition) is 5. The second-order valence-corrected chi connectivity index (χ2v) is 6.50. The molecule has 0 aliphatic carbocycles. The largest absolute Gasteiger partial charge is 0.450 e. The van der Waals surface area contributed by atoms with E-state index < -0.39 is 0 Å². The molecule has 1 amide bonds. The van der Waals surface area contributed by atoms with Gasteiger partial charge in [0, 0.05) is 32.3 Å². The Labute approximate surface area is 174 Å². The van der Waals surface area contributed by atoms with Crippen LogP contribution in [0.1, 0.15) is 33.1 Å². The summed E-state index contributed by atoms with van der Waals surface area (Å²) in [7, 11) is 4.09. The highest BCUT2D eigenvalue weighted by atomic mass is 127. The van der Waals surface area contributed by atoms with Crippen LogP contribution in [-0.4, -0.2) is 87.5 Å². The number of halogens is 1. The van der Waals surface area contributed by atoms with Crippen LogP contribution in [0.4, 0.5) is 4.79 Å². The van der Waals surface area contributed by atoms with Crippen LogP contribution < -0.4 is 11.1 Å². The van der Waals surface area contributed by atoms with Crippen molar-refractivity contribution in [2.45, 2.75) is 45.3 Å². The highest BCUT2D eigenvalue weighted by Crippen LogP contribution is 2.11. The molecule has 1 saturated heterocycles. The van der Waals surface area contributed by atoms with Crippen LogP contribution in [0, 0.1) is 0 Å². The number of ether oxygens (including phenoxy) is 2. The summed E-state index contributed by atoms with van der Waals surface area (Å²) in [4.78, 5) is 20.0. The van der Waals surface area contributed by atoms with Crippen molar-refractivity contribution in [3.8, 4) is 0 Å². The fraction of sp³-hybridized carbons (Fsp3) is 0.882. The Balaban J connectivity index is 0.00000625. The van der Waals surface area contributed by atoms with Crippen molar-refractivity contribution in [1.29, 1.82) is 0 Å². The molecule has 0 saturated carbocycles. The predicted octanol–water partition coefficient (Wildman–Crippen LogP) is 1.49. The first-order chi connectivity index (χ1) is 12.0. The van der Waals surface area contributed by atoms with E-state index in [0.717, 1.165) is 25.8 Å². The summed E-state index contributed by atoms with van der Waals surface area (Å²) in [5.74, 6) is 0.448. The molecule has 0 spiro atoms. The predicted molar refractivity (Wildman–Crippen MR) is 115 cm³/mol. The summed E-state index contributed by atoms with van der Waals surface area (Å²) in [5, 5.41) is 3.26. The van der Waals surface area contributed by atoms with Gasteiger partial charge in [0.2, 0.25) is 0 Å². The van der Waals surface area contributed by atoms with E-state index in [-0.39, 0.29) is 42.2 Å². The lowest BCUT2D eigenvalue weighted by atomic mass is 10.1. The quantitative estimate of drug-likeness (QED) is 0.292. The van der Waals surface area contributed by atoms with Crippen LogP contribution in [0.15, 0.2) is 4.99 Å². The summed E-state index contributed by atoms with van der Waals surface area (Å²) in [6.45, 7) is 7.76. The zero-order chi connectivity index (χ0) is 18.7. The summed E-state index contributed by atoms with van der Waals surface area (Å²) in [5.41, 5.74) is 6.01. The number of nitrogens with one attached hydrogen (secondary N) is 1. The number of piperidine rings is 1. The number of aliphatic imine (C=N–C) groups is 1. The molecule has 0 aromatic carbocycles. The Morgan fingerprint density at radius 1 is 1.31 bits per heavy atom. The minimum atomic E-state index is -0.233. The molecule has 8 nitrogen and oxygen atoms in total. The minimum absolute atomic E-state index is 0. The average Bonchev–Trinajstić information content (AvgIpc) is 2.58. The number of carbonyl (C=O) groups excluding carboxylic acids is 1. The number of rotatable bonds is 9. The molecular weight excluding hydrogens is 449 g/mol. The van der Waals surface area contributed by atoms with Gasteiger partial charge in [-0.2, -0.15) is 0 Å². The van der Waals surface area contributed by atoms with E-state index in [1.54, 1.807) is 4.90 Å². The lowest BCUT2D eigenvalue weighted by Gasteiger charge is -2.31. The Morgan fingerprint density at radius 2 is 1.96 bits per heavy atom. The van der Waals surface area contributed by atoms with E-state index in [0.29, 0.717) is 38.8 Å². The molecule has 154 valence electrons. The standard InChI is InChI=1S/C17H35N5O3.HI/c1-5-24-15(9-10-21(3)4)13-19-16(18)20-14-7-11-22(12-8-14)17(23)25-6-2;/h14-15H,5-13H2,1-4H3,(H3,18,19,20);1H. The molecule has 3 N–H and O–H groups in total. The monoisotopic (exact) mass is 485 g/mol. The van der Waals surface area contributed by atoms with Gasteiger partial charge >= 0.3 is 6.09 Å². The smallest absolute Gasteiger partial charge is 0.409 e. The topological polar surface area (TPSA) is 92.4 Å². The molecule has 1 rings (SSSR count). The number of hydrogen-bond donors (Lipinski definition) is 2. The van der Waals surface area contributed by atoms with Crippen molar-refractivity contribution in [3.63, 3.8) is 0 Å². The highest BCUT2D eigenvalue weighted by Gasteiger charge is 2.23. The van der Waals surface area contributed by atoms with Gasteiger partial charge in [0.15, 0.2) is 5.96 Å². The van der Waals surface area contributed by atoms with E-state index in [9.17, 15) is 4.79 Å². The highest BCUT2D eigenvalue weighted by molar-refractivity contribution is 14.0. The van der Waals surface area contributed by atoms with Crippen molar-refractivity contribution in [2.24, 2.45) is 10.7 Å². The van der Waals surface area contributed by atoms with Gasteiger partial charge in [-0.05, 0) is 47.2 Å². The number of nitrogens with two attached hydrogens (primary N) is 1. The third kappa shape index (κ3) is 10.4. The summed E-state index contributed by atoms with van der Waals surface area (Å²) >= 11 is 0. The lowest BCUT2D eigenvalue weighted by molar-refractivity contribution is 0.0582. The third-order valence-electron chi connectivity index (χ3n) is 4.14. The average molecular weight is 485 g/mol. The van der Waals surface area contributed by atoms with Gasteiger partial charge in [-0.3, -0.25) is 4.99 Å². The van der Waals surface area contributed by atoms with Crippen LogP contribution in [-0.2, 0) is 9.47 Å². The SMILES string of the molecule is CCOC(=O)N1CCC(NC(N)=NCC(CCN(C)C)OCC)CC1.I. The molecule has 1 aliphatic heterocycles. The van der Waals surface area contributed by atoms with Crippen molar-refractivity contribution >= 4 is 36.0 Å². The normalized spacial score (nSPS) is 17.0. The van der Waals surface area contributed by atoms with Gasteiger partial charge in [-0.1, -0.05) is 0 Å². The Morgan fingerprint density at radius 3 is 2.50 bits per heavy atom. The van der Waals surface area contributed by atoms with Gasteiger partial charge in [0.25, 0.3) is 0 Å². The first-order valence-electron chi connectivity index (χ1n) is 9.20. The molecule has 0 radical (unpaired) electrons. The fourth-order valence-electron chi connectivity index (χ4n) is 2.74. The number of guanidine groups is 1. The van der Waals surface area contributed by atoms with Crippen LogP contribution in [0.5, 0.6) is 0 Å².